The number of piperidine rings is 1. The van der Waals surface area contributed by atoms with E-state index in [2.05, 4.69) is 16.5 Å². The molecule has 18 heavy (non-hydrogen) atoms. The number of hydrogen-bond donors (Lipinski definition) is 0. The highest BCUT2D eigenvalue weighted by atomic mass is 32.1. The first kappa shape index (κ1) is 13.1. The summed E-state index contributed by atoms with van der Waals surface area (Å²) in [6.45, 7) is 4.96. The Labute approximate surface area is 110 Å². The normalized spacial score (nSPS) is 20.2. The molecule has 2 heterocycles. The SMILES string of the molecule is CCCc1nnsc1C(=O)N1CCC(=O)C(C)C1. The predicted octanol–water partition coefficient (Wildman–Crippen LogP) is 1.54. The lowest BCUT2D eigenvalue weighted by atomic mass is 9.98. The largest absolute Gasteiger partial charge is 0.337 e. The molecule has 1 aliphatic rings. The molecular formula is C12H17N3O2S. The molecule has 0 spiro atoms. The van der Waals surface area contributed by atoms with Crippen LogP contribution in [0, 0.1) is 5.92 Å². The average molecular weight is 267 g/mol. The van der Waals surface area contributed by atoms with Crippen LogP contribution in [0.1, 0.15) is 42.1 Å². The Morgan fingerprint density at radius 3 is 3.00 bits per heavy atom. The zero-order valence-electron chi connectivity index (χ0n) is 10.7. The van der Waals surface area contributed by atoms with Gasteiger partial charge in [0.05, 0.1) is 5.69 Å². The fourth-order valence-electron chi connectivity index (χ4n) is 2.11. The molecule has 0 aromatic carbocycles. The summed E-state index contributed by atoms with van der Waals surface area (Å²) < 4.78 is 3.87. The first-order valence-corrected chi connectivity index (χ1v) is 7.04. The fraction of sp³-hybridized carbons (Fsp3) is 0.667. The molecule has 1 aromatic heterocycles. The van der Waals surface area contributed by atoms with E-state index in [1.54, 1.807) is 4.90 Å². The Hall–Kier alpha value is -1.30. The van der Waals surface area contributed by atoms with Crippen molar-refractivity contribution in [3.05, 3.63) is 10.6 Å². The Morgan fingerprint density at radius 1 is 1.56 bits per heavy atom. The van der Waals surface area contributed by atoms with Crippen LogP contribution >= 0.6 is 11.5 Å². The minimum Gasteiger partial charge on any atom is -0.337 e. The maximum absolute atomic E-state index is 12.4. The first-order chi connectivity index (χ1) is 8.63. The Morgan fingerprint density at radius 2 is 2.33 bits per heavy atom. The van der Waals surface area contributed by atoms with Gasteiger partial charge in [0.2, 0.25) is 0 Å². The van der Waals surface area contributed by atoms with Gasteiger partial charge in [-0.25, -0.2) is 0 Å². The molecular weight excluding hydrogens is 250 g/mol. The van der Waals surface area contributed by atoms with Crippen molar-refractivity contribution >= 4 is 23.2 Å². The maximum Gasteiger partial charge on any atom is 0.267 e. The number of amides is 1. The summed E-state index contributed by atoms with van der Waals surface area (Å²) in [7, 11) is 0. The fourth-order valence-corrected chi connectivity index (χ4v) is 2.79. The van der Waals surface area contributed by atoms with Crippen molar-refractivity contribution in [1.82, 2.24) is 14.5 Å². The first-order valence-electron chi connectivity index (χ1n) is 6.26. The standard InChI is InChI=1S/C12H17N3O2S/c1-3-4-9-11(18-14-13-9)12(17)15-6-5-10(16)8(2)7-15/h8H,3-7H2,1-2H3. The molecule has 1 fully saturated rings. The van der Waals surface area contributed by atoms with Crippen LogP contribution in [0.15, 0.2) is 0 Å². The summed E-state index contributed by atoms with van der Waals surface area (Å²) >= 11 is 1.16. The van der Waals surface area contributed by atoms with E-state index in [-0.39, 0.29) is 17.6 Å². The molecule has 1 atom stereocenters. The minimum absolute atomic E-state index is 0.0206. The van der Waals surface area contributed by atoms with Gasteiger partial charge >= 0.3 is 0 Å². The molecule has 1 amide bonds. The number of aromatic nitrogens is 2. The molecule has 0 aliphatic carbocycles. The Balaban J connectivity index is 2.11. The lowest BCUT2D eigenvalue weighted by Gasteiger charge is -2.29. The lowest BCUT2D eigenvalue weighted by Crippen LogP contribution is -2.43. The number of aryl methyl sites for hydroxylation is 1. The molecule has 5 nitrogen and oxygen atoms in total. The topological polar surface area (TPSA) is 63.2 Å². The number of likely N-dealkylation sites (tertiary alicyclic amines) is 1. The molecule has 1 unspecified atom stereocenters. The smallest absolute Gasteiger partial charge is 0.267 e. The van der Waals surface area contributed by atoms with Crippen LogP contribution in [0.25, 0.3) is 0 Å². The summed E-state index contributed by atoms with van der Waals surface area (Å²) in [5.41, 5.74) is 0.789. The van der Waals surface area contributed by atoms with Crippen molar-refractivity contribution in [3.63, 3.8) is 0 Å². The van der Waals surface area contributed by atoms with E-state index in [9.17, 15) is 9.59 Å². The third-order valence-corrected chi connectivity index (χ3v) is 3.95. The van der Waals surface area contributed by atoms with Gasteiger partial charge in [-0.05, 0) is 18.0 Å². The van der Waals surface area contributed by atoms with E-state index < -0.39 is 0 Å². The number of carbonyl (C=O) groups excluding carboxylic acids is 2. The highest BCUT2D eigenvalue weighted by molar-refractivity contribution is 7.08. The summed E-state index contributed by atoms with van der Waals surface area (Å²) in [4.78, 5) is 26.2. The lowest BCUT2D eigenvalue weighted by molar-refractivity contribution is -0.124. The van der Waals surface area contributed by atoms with Gasteiger partial charge in [-0.15, -0.1) is 5.10 Å². The minimum atomic E-state index is -0.0572. The second-order valence-electron chi connectivity index (χ2n) is 4.67. The quantitative estimate of drug-likeness (QED) is 0.833. The van der Waals surface area contributed by atoms with Crippen molar-refractivity contribution < 1.29 is 9.59 Å². The van der Waals surface area contributed by atoms with Crippen LogP contribution in [0.4, 0.5) is 0 Å². The molecule has 98 valence electrons. The number of rotatable bonds is 3. The second-order valence-corrected chi connectivity index (χ2v) is 5.42. The van der Waals surface area contributed by atoms with Gasteiger partial charge in [0, 0.05) is 25.4 Å². The molecule has 0 saturated carbocycles. The number of hydrogen-bond acceptors (Lipinski definition) is 5. The molecule has 0 bridgehead atoms. The van der Waals surface area contributed by atoms with E-state index in [1.807, 2.05) is 6.92 Å². The van der Waals surface area contributed by atoms with E-state index >= 15 is 0 Å². The summed E-state index contributed by atoms with van der Waals surface area (Å²) in [6, 6.07) is 0. The van der Waals surface area contributed by atoms with Gasteiger partial charge in [-0.3, -0.25) is 9.59 Å². The Bertz CT molecular complexity index is 458. The summed E-state index contributed by atoms with van der Waals surface area (Å²) in [5.74, 6) is 0.168. The number of ketones is 1. The van der Waals surface area contributed by atoms with Crippen LogP contribution in [-0.2, 0) is 11.2 Å². The van der Waals surface area contributed by atoms with E-state index in [1.165, 1.54) is 0 Å². The predicted molar refractivity (Wildman–Crippen MR) is 68.6 cm³/mol. The second kappa shape index (κ2) is 5.56. The zero-order valence-corrected chi connectivity index (χ0v) is 11.5. The van der Waals surface area contributed by atoms with Crippen LogP contribution in [-0.4, -0.2) is 39.3 Å². The van der Waals surface area contributed by atoms with E-state index in [4.69, 9.17) is 0 Å². The highest BCUT2D eigenvalue weighted by Gasteiger charge is 2.29. The van der Waals surface area contributed by atoms with Crippen LogP contribution in [0.5, 0.6) is 0 Å². The maximum atomic E-state index is 12.4. The molecule has 1 aromatic rings. The average Bonchev–Trinajstić information content (AvgIpc) is 2.80. The van der Waals surface area contributed by atoms with Gasteiger partial charge in [0.25, 0.3) is 5.91 Å². The van der Waals surface area contributed by atoms with Crippen molar-refractivity contribution in [2.75, 3.05) is 13.1 Å². The molecule has 6 heteroatoms. The van der Waals surface area contributed by atoms with Gasteiger partial charge in [-0.1, -0.05) is 24.8 Å². The van der Waals surface area contributed by atoms with Crippen molar-refractivity contribution in [2.45, 2.75) is 33.1 Å². The van der Waals surface area contributed by atoms with Crippen molar-refractivity contribution in [2.24, 2.45) is 5.92 Å². The number of carbonyl (C=O) groups is 2. The number of Topliss-reactive ketones (excluding diaryl/α,β-unsaturated/α-hetero) is 1. The third-order valence-electron chi connectivity index (χ3n) is 3.20. The van der Waals surface area contributed by atoms with Gasteiger partial charge in [0.1, 0.15) is 10.7 Å². The molecule has 1 aliphatic heterocycles. The monoisotopic (exact) mass is 267 g/mol. The van der Waals surface area contributed by atoms with Crippen molar-refractivity contribution in [3.8, 4) is 0 Å². The molecule has 0 N–H and O–H groups in total. The van der Waals surface area contributed by atoms with Gasteiger partial charge in [-0.2, -0.15) is 0 Å². The molecule has 0 radical (unpaired) electrons. The van der Waals surface area contributed by atoms with E-state index in [0.29, 0.717) is 24.4 Å². The highest BCUT2D eigenvalue weighted by Crippen LogP contribution is 2.19. The Kier molecular flexibility index (Phi) is 4.06. The summed E-state index contributed by atoms with van der Waals surface area (Å²) in [5, 5.41) is 4.01. The van der Waals surface area contributed by atoms with Crippen LogP contribution < -0.4 is 0 Å². The van der Waals surface area contributed by atoms with Crippen molar-refractivity contribution in [1.29, 1.82) is 0 Å². The summed E-state index contributed by atoms with van der Waals surface area (Å²) in [6.07, 6.45) is 2.18. The molecule has 2 rings (SSSR count). The van der Waals surface area contributed by atoms with Crippen LogP contribution in [0.2, 0.25) is 0 Å². The zero-order chi connectivity index (χ0) is 13.1. The van der Waals surface area contributed by atoms with Gasteiger partial charge < -0.3 is 4.90 Å². The van der Waals surface area contributed by atoms with Gasteiger partial charge in [0.15, 0.2) is 0 Å². The van der Waals surface area contributed by atoms with Crippen LogP contribution in [0.3, 0.4) is 0 Å². The number of nitrogens with zero attached hydrogens (tertiary/aromatic N) is 3. The molecule has 1 saturated heterocycles. The van der Waals surface area contributed by atoms with E-state index in [0.717, 1.165) is 30.1 Å². The third kappa shape index (κ3) is 2.58.